The molecule has 0 spiro atoms. The lowest BCUT2D eigenvalue weighted by Gasteiger charge is -2.33. The van der Waals surface area contributed by atoms with E-state index in [4.69, 9.17) is 0 Å². The van der Waals surface area contributed by atoms with Gasteiger partial charge in [-0.05, 0) is 67.5 Å². The van der Waals surface area contributed by atoms with Gasteiger partial charge in [0.2, 0.25) is 0 Å². The second-order valence-electron chi connectivity index (χ2n) is 8.85. The van der Waals surface area contributed by atoms with E-state index in [-0.39, 0.29) is 17.9 Å². The molecule has 0 unspecified atom stereocenters. The fourth-order valence-electron chi connectivity index (χ4n) is 4.73. The second-order valence-corrected chi connectivity index (χ2v) is 8.85. The highest BCUT2D eigenvalue weighted by molar-refractivity contribution is 5.94. The predicted molar refractivity (Wildman–Crippen MR) is 125 cm³/mol. The van der Waals surface area contributed by atoms with Gasteiger partial charge in [-0.1, -0.05) is 44.0 Å². The molecule has 0 radical (unpaired) electrons. The average molecular weight is 420 g/mol. The normalized spacial score (nSPS) is 19.3. The van der Waals surface area contributed by atoms with Crippen molar-refractivity contribution in [2.45, 2.75) is 63.8 Å². The number of carbonyl (C=O) groups is 2. The zero-order chi connectivity index (χ0) is 21.6. The number of carbonyl (C=O) groups excluding carboxylic acids is 2. The summed E-state index contributed by atoms with van der Waals surface area (Å²) in [6.45, 7) is 3.55. The molecule has 164 valence electrons. The number of aryl methyl sites for hydroxylation is 1. The molecule has 2 aromatic rings. The Labute approximate surface area is 185 Å². The number of nitrogens with zero attached hydrogens (tertiary/aromatic N) is 1. The van der Waals surface area contributed by atoms with Crippen LogP contribution in [0.15, 0.2) is 48.5 Å². The van der Waals surface area contributed by atoms with Gasteiger partial charge in [-0.15, -0.1) is 0 Å². The molecule has 5 heteroatoms. The molecule has 4 rings (SSSR count). The fourth-order valence-corrected chi connectivity index (χ4v) is 4.73. The highest BCUT2D eigenvalue weighted by Gasteiger charge is 2.26. The van der Waals surface area contributed by atoms with Gasteiger partial charge in [0, 0.05) is 36.3 Å². The molecule has 1 atom stereocenters. The van der Waals surface area contributed by atoms with Crippen LogP contribution in [0, 0.1) is 0 Å². The van der Waals surface area contributed by atoms with Gasteiger partial charge >= 0.3 is 6.03 Å². The molecule has 1 aliphatic heterocycles. The summed E-state index contributed by atoms with van der Waals surface area (Å²) in [6.07, 6.45) is 7.55. The van der Waals surface area contributed by atoms with Crippen molar-refractivity contribution in [1.29, 1.82) is 0 Å². The van der Waals surface area contributed by atoms with Gasteiger partial charge in [-0.2, -0.15) is 0 Å². The van der Waals surface area contributed by atoms with E-state index in [9.17, 15) is 9.59 Å². The minimum atomic E-state index is -0.0518. The number of rotatable bonds is 5. The summed E-state index contributed by atoms with van der Waals surface area (Å²) in [4.78, 5) is 27.4. The second kappa shape index (κ2) is 9.99. The molecule has 2 aromatic carbocycles. The standard InChI is InChI=1S/C26H33N3O2/c1-2-19-12-14-24(15-13-19)28-26(31)29-16-6-9-22(18-29)20-7-5-8-21(17-20)25(30)27-23-10-3-4-11-23/h5,7-8,12-15,17,22-23H,2-4,6,9-11,16,18H2,1H3,(H,27,30)(H,28,31)/t22-/m1/s1. The quantitative estimate of drug-likeness (QED) is 0.688. The van der Waals surface area contributed by atoms with E-state index in [1.807, 2.05) is 35.2 Å². The molecule has 3 amide bonds. The molecule has 2 fully saturated rings. The molecular weight excluding hydrogens is 386 g/mol. The number of benzene rings is 2. The molecule has 2 aliphatic rings. The maximum atomic E-state index is 12.8. The van der Waals surface area contributed by atoms with Crippen LogP contribution in [-0.2, 0) is 6.42 Å². The van der Waals surface area contributed by atoms with E-state index in [1.54, 1.807) is 0 Å². The van der Waals surface area contributed by atoms with Crippen molar-refractivity contribution >= 4 is 17.6 Å². The third-order valence-electron chi connectivity index (χ3n) is 6.63. The van der Waals surface area contributed by atoms with Crippen LogP contribution < -0.4 is 10.6 Å². The van der Waals surface area contributed by atoms with Crippen LogP contribution in [0.5, 0.6) is 0 Å². The van der Waals surface area contributed by atoms with Crippen molar-refractivity contribution in [3.63, 3.8) is 0 Å². The van der Waals surface area contributed by atoms with Gasteiger partial charge in [0.05, 0.1) is 0 Å². The minimum absolute atomic E-state index is 0.0229. The Bertz CT molecular complexity index is 903. The lowest BCUT2D eigenvalue weighted by Crippen LogP contribution is -2.41. The summed E-state index contributed by atoms with van der Waals surface area (Å²) in [5.41, 5.74) is 3.95. The number of hydrogen-bond acceptors (Lipinski definition) is 2. The minimum Gasteiger partial charge on any atom is -0.349 e. The first-order chi connectivity index (χ1) is 15.1. The molecule has 0 aromatic heterocycles. The maximum absolute atomic E-state index is 12.8. The van der Waals surface area contributed by atoms with Gasteiger partial charge in [-0.25, -0.2) is 4.79 Å². The number of anilines is 1. The van der Waals surface area contributed by atoms with E-state index < -0.39 is 0 Å². The Kier molecular flexibility index (Phi) is 6.90. The van der Waals surface area contributed by atoms with E-state index in [0.29, 0.717) is 12.6 Å². The molecule has 1 heterocycles. The maximum Gasteiger partial charge on any atom is 0.321 e. The Hall–Kier alpha value is -2.82. The van der Waals surface area contributed by atoms with Crippen LogP contribution in [-0.4, -0.2) is 36.0 Å². The number of nitrogens with one attached hydrogen (secondary N) is 2. The topological polar surface area (TPSA) is 61.4 Å². The summed E-state index contributed by atoms with van der Waals surface area (Å²) >= 11 is 0. The highest BCUT2D eigenvalue weighted by atomic mass is 16.2. The van der Waals surface area contributed by atoms with Crippen LogP contribution in [0.1, 0.15) is 72.9 Å². The number of hydrogen-bond donors (Lipinski definition) is 2. The van der Waals surface area contributed by atoms with Crippen LogP contribution >= 0.6 is 0 Å². The average Bonchev–Trinajstić information content (AvgIpc) is 3.33. The van der Waals surface area contributed by atoms with Crippen molar-refractivity contribution in [2.75, 3.05) is 18.4 Å². The van der Waals surface area contributed by atoms with Gasteiger partial charge in [0.25, 0.3) is 5.91 Å². The summed E-state index contributed by atoms with van der Waals surface area (Å²) in [7, 11) is 0. The molecule has 1 saturated carbocycles. The lowest BCUT2D eigenvalue weighted by atomic mass is 9.89. The number of amides is 3. The Morgan fingerprint density at radius 3 is 2.52 bits per heavy atom. The third kappa shape index (κ3) is 5.46. The van der Waals surface area contributed by atoms with Crippen LogP contribution in [0.2, 0.25) is 0 Å². The van der Waals surface area contributed by atoms with Gasteiger partial charge < -0.3 is 15.5 Å². The Morgan fingerprint density at radius 1 is 1.00 bits per heavy atom. The van der Waals surface area contributed by atoms with Crippen LogP contribution in [0.4, 0.5) is 10.5 Å². The first kappa shape index (κ1) is 21.4. The summed E-state index contributed by atoms with van der Waals surface area (Å²) in [5, 5.41) is 6.20. The largest absolute Gasteiger partial charge is 0.349 e. The smallest absolute Gasteiger partial charge is 0.321 e. The number of likely N-dealkylation sites (tertiary alicyclic amines) is 1. The van der Waals surface area contributed by atoms with E-state index in [1.165, 1.54) is 18.4 Å². The molecule has 31 heavy (non-hydrogen) atoms. The van der Waals surface area contributed by atoms with E-state index in [0.717, 1.165) is 55.5 Å². The van der Waals surface area contributed by atoms with E-state index >= 15 is 0 Å². The molecular formula is C26H33N3O2. The van der Waals surface area contributed by atoms with Crippen molar-refractivity contribution in [3.05, 3.63) is 65.2 Å². The molecule has 1 aliphatic carbocycles. The third-order valence-corrected chi connectivity index (χ3v) is 6.63. The van der Waals surface area contributed by atoms with E-state index in [2.05, 4.69) is 35.8 Å². The van der Waals surface area contributed by atoms with Crippen LogP contribution in [0.3, 0.4) is 0 Å². The number of urea groups is 1. The first-order valence-corrected chi connectivity index (χ1v) is 11.7. The summed E-state index contributed by atoms with van der Waals surface area (Å²) in [6, 6.07) is 16.2. The van der Waals surface area contributed by atoms with Crippen molar-refractivity contribution < 1.29 is 9.59 Å². The highest BCUT2D eigenvalue weighted by Crippen LogP contribution is 2.28. The van der Waals surface area contributed by atoms with Gasteiger partial charge in [0.1, 0.15) is 0 Å². The zero-order valence-electron chi connectivity index (χ0n) is 18.4. The molecule has 2 N–H and O–H groups in total. The molecule has 0 bridgehead atoms. The van der Waals surface area contributed by atoms with Gasteiger partial charge in [-0.3, -0.25) is 4.79 Å². The van der Waals surface area contributed by atoms with Crippen LogP contribution in [0.25, 0.3) is 0 Å². The summed E-state index contributed by atoms with van der Waals surface area (Å²) < 4.78 is 0. The molecule has 1 saturated heterocycles. The van der Waals surface area contributed by atoms with Crippen molar-refractivity contribution in [1.82, 2.24) is 10.2 Å². The first-order valence-electron chi connectivity index (χ1n) is 11.7. The SMILES string of the molecule is CCc1ccc(NC(=O)N2CCC[C@@H](c3cccc(C(=O)NC4CCCC4)c3)C2)cc1. The monoisotopic (exact) mass is 419 g/mol. The summed E-state index contributed by atoms with van der Waals surface area (Å²) in [5.74, 6) is 0.274. The molecule has 5 nitrogen and oxygen atoms in total. The zero-order valence-corrected chi connectivity index (χ0v) is 18.4. The lowest BCUT2D eigenvalue weighted by molar-refractivity contribution is 0.0937. The Morgan fingerprint density at radius 2 is 1.77 bits per heavy atom. The van der Waals surface area contributed by atoms with Crippen molar-refractivity contribution in [3.8, 4) is 0 Å². The van der Waals surface area contributed by atoms with Gasteiger partial charge in [0.15, 0.2) is 0 Å². The Balaban J connectivity index is 1.38. The van der Waals surface area contributed by atoms with Crippen molar-refractivity contribution in [2.24, 2.45) is 0 Å². The fraction of sp³-hybridized carbons (Fsp3) is 0.462. The number of piperidine rings is 1. The predicted octanol–water partition coefficient (Wildman–Crippen LogP) is 5.33.